The number of aromatic nitrogens is 4. The van der Waals surface area contributed by atoms with Crippen LogP contribution in [0.3, 0.4) is 0 Å². The van der Waals surface area contributed by atoms with Crippen LogP contribution in [0.5, 0.6) is 0 Å². The number of hydrogen-bond acceptors (Lipinski definition) is 6. The lowest BCUT2D eigenvalue weighted by Gasteiger charge is -2.28. The van der Waals surface area contributed by atoms with Crippen molar-refractivity contribution in [2.45, 2.75) is 11.7 Å². The van der Waals surface area contributed by atoms with Gasteiger partial charge in [0, 0.05) is 13.1 Å². The van der Waals surface area contributed by atoms with Crippen molar-refractivity contribution in [2.24, 2.45) is 4.99 Å². The van der Waals surface area contributed by atoms with E-state index in [1.54, 1.807) is 24.3 Å². The third kappa shape index (κ3) is 5.21. The number of fused-ring (bicyclic) bond motifs is 3. The monoisotopic (exact) mass is 562 g/mol. The first-order valence-electron chi connectivity index (χ1n) is 12.4. The van der Waals surface area contributed by atoms with E-state index in [0.29, 0.717) is 49.5 Å². The van der Waals surface area contributed by atoms with Gasteiger partial charge in [-0.2, -0.15) is 0 Å². The molecule has 1 saturated heterocycles. The molecule has 2 aromatic heterocycles. The molecule has 0 spiro atoms. The molecule has 1 aliphatic carbocycles. The number of carbonyl (C=O) groups is 1. The van der Waals surface area contributed by atoms with Crippen LogP contribution in [0.2, 0.25) is 0 Å². The Hall–Kier alpha value is -3.55. The van der Waals surface area contributed by atoms with E-state index >= 15 is 0 Å². The summed E-state index contributed by atoms with van der Waals surface area (Å²) in [5, 5.41) is 9.40. The molecule has 1 fully saturated rings. The summed E-state index contributed by atoms with van der Waals surface area (Å²) in [6.07, 6.45) is 6.25. The Labute approximate surface area is 229 Å². The van der Waals surface area contributed by atoms with Gasteiger partial charge in [0.2, 0.25) is 5.78 Å². The van der Waals surface area contributed by atoms with Crippen molar-refractivity contribution < 1.29 is 18.3 Å². The summed E-state index contributed by atoms with van der Waals surface area (Å²) in [5.74, 6) is 0.441. The second kappa shape index (κ2) is 10.9. The molecule has 2 aromatic carbocycles. The minimum absolute atomic E-state index is 0.0747. The minimum atomic E-state index is -3.35. The van der Waals surface area contributed by atoms with Gasteiger partial charge in [-0.15, -0.1) is 10.2 Å². The van der Waals surface area contributed by atoms with Crippen LogP contribution in [0, 0.1) is 0 Å². The highest BCUT2D eigenvalue weighted by molar-refractivity contribution is 7.99. The van der Waals surface area contributed by atoms with Crippen LogP contribution in [0.1, 0.15) is 5.56 Å². The first kappa shape index (κ1) is 25.7. The Morgan fingerprint density at radius 3 is 2.41 bits per heavy atom. The van der Waals surface area contributed by atoms with Gasteiger partial charge in [0.1, 0.15) is 0 Å². The first-order valence-corrected chi connectivity index (χ1v) is 14.9. The second-order valence-electron chi connectivity index (χ2n) is 9.00. The van der Waals surface area contributed by atoms with E-state index in [-0.39, 0.29) is 16.5 Å². The molecule has 3 heterocycles. The lowest BCUT2D eigenvalue weighted by Crippen LogP contribution is -2.42. The Balaban J connectivity index is 1.19. The first-order chi connectivity index (χ1) is 19.0. The van der Waals surface area contributed by atoms with Gasteiger partial charge in [-0.05, 0) is 42.0 Å². The van der Waals surface area contributed by atoms with Gasteiger partial charge in [0.25, 0.3) is 5.91 Å². The normalized spacial score (nSPS) is 17.7. The molecular weight excluding hydrogens is 536 g/mol. The number of para-hydroxylation sites is 2. The van der Waals surface area contributed by atoms with Crippen LogP contribution in [0.25, 0.3) is 16.8 Å². The number of morpholine rings is 1. The Bertz CT molecular complexity index is 1740. The summed E-state index contributed by atoms with van der Waals surface area (Å²) in [5.41, 5.74) is 3.57. The molecule has 10 nitrogen and oxygen atoms in total. The summed E-state index contributed by atoms with van der Waals surface area (Å²) < 4.78 is 34.4. The van der Waals surface area contributed by atoms with Crippen molar-refractivity contribution in [3.63, 3.8) is 0 Å². The number of allylic oxidation sites excluding steroid dienone is 4. The number of benzene rings is 2. The van der Waals surface area contributed by atoms with Crippen molar-refractivity contribution in [1.29, 1.82) is 0 Å². The Kier molecular flexibility index (Phi) is 7.19. The third-order valence-electron chi connectivity index (χ3n) is 6.50. The molecule has 0 radical (unpaired) electrons. The fraction of sp³-hybridized carbons (Fsp3) is 0.222. The number of aliphatic imine (C=N–C) groups is 1. The predicted molar refractivity (Wildman–Crippen MR) is 154 cm³/mol. The molecule has 0 bridgehead atoms. The molecule has 0 saturated carbocycles. The molecule has 200 valence electrons. The number of ether oxygens (including phenoxy) is 1. The maximum atomic E-state index is 12.9. The van der Waals surface area contributed by atoms with Crippen molar-refractivity contribution in [2.75, 3.05) is 32.1 Å². The van der Waals surface area contributed by atoms with E-state index < -0.39 is 9.99 Å². The van der Waals surface area contributed by atoms with Crippen molar-refractivity contribution >= 4 is 55.0 Å². The van der Waals surface area contributed by atoms with Crippen molar-refractivity contribution in [3.8, 4) is 0 Å². The number of nitrogens with zero attached hydrogens (tertiary/aromatic N) is 6. The zero-order valence-electron chi connectivity index (χ0n) is 20.9. The molecule has 1 amide bonds. The lowest BCUT2D eigenvalue weighted by molar-refractivity contribution is -0.115. The summed E-state index contributed by atoms with van der Waals surface area (Å²) in [6, 6.07) is 18.2. The molecule has 6 rings (SSSR count). The summed E-state index contributed by atoms with van der Waals surface area (Å²) >= 11 is 1.27. The number of amides is 1. The second-order valence-corrected chi connectivity index (χ2v) is 11.9. The highest BCUT2D eigenvalue weighted by atomic mass is 32.2. The van der Waals surface area contributed by atoms with Gasteiger partial charge in [0.05, 0.1) is 47.1 Å². The number of thioether (sulfide) groups is 1. The van der Waals surface area contributed by atoms with Crippen LogP contribution in [-0.2, 0) is 26.1 Å². The highest BCUT2D eigenvalue weighted by Gasteiger charge is 2.23. The van der Waals surface area contributed by atoms with Crippen LogP contribution in [0.4, 0.5) is 0 Å². The van der Waals surface area contributed by atoms with Gasteiger partial charge in [-0.1, -0.05) is 54.2 Å². The number of hydrogen-bond donors (Lipinski definition) is 1. The predicted octanol–water partition coefficient (Wildman–Crippen LogP) is 3.10. The zero-order valence-corrected chi connectivity index (χ0v) is 22.6. The maximum Gasteiger partial charge on any atom is 0.256 e. The Morgan fingerprint density at radius 2 is 1.67 bits per heavy atom. The zero-order chi connectivity index (χ0) is 26.8. The van der Waals surface area contributed by atoms with E-state index in [0.717, 1.165) is 16.6 Å². The van der Waals surface area contributed by atoms with Gasteiger partial charge < -0.3 is 13.9 Å². The van der Waals surface area contributed by atoms with Gasteiger partial charge in [0.15, 0.2) is 15.1 Å². The van der Waals surface area contributed by atoms with Crippen molar-refractivity contribution in [3.05, 3.63) is 84.5 Å². The smallest absolute Gasteiger partial charge is 0.256 e. The van der Waals surface area contributed by atoms with Crippen LogP contribution in [-0.4, -0.2) is 80.8 Å². The molecule has 1 unspecified atom stereocenters. The topological polar surface area (TPSA) is 114 Å². The molecule has 1 N–H and O–H groups in total. The van der Waals surface area contributed by atoms with E-state index in [4.69, 9.17) is 4.74 Å². The average molecular weight is 563 g/mol. The van der Waals surface area contributed by atoms with E-state index in [9.17, 15) is 13.6 Å². The average Bonchev–Trinajstić information content (AvgIpc) is 3.52. The van der Waals surface area contributed by atoms with Gasteiger partial charge >= 0.3 is 0 Å². The minimum Gasteiger partial charge on any atom is -0.379 e. The van der Waals surface area contributed by atoms with Gasteiger partial charge in [-0.3, -0.25) is 9.20 Å². The van der Waals surface area contributed by atoms with E-state index in [1.165, 1.54) is 16.1 Å². The molecule has 1 atom stereocenters. The van der Waals surface area contributed by atoms with Crippen LogP contribution >= 0.6 is 11.8 Å². The van der Waals surface area contributed by atoms with Crippen molar-refractivity contribution in [1.82, 2.24) is 23.5 Å². The molecule has 12 heteroatoms. The highest BCUT2D eigenvalue weighted by Crippen LogP contribution is 2.26. The molecule has 4 aromatic rings. The number of imidazole rings is 1. The standard InChI is InChI=1S/C27H26N6O4S2/c34-25(28-21-10-12-22(13-11-21)39(35,36)31-14-16-37-17-15-31)19-38-27-30-29-26-32(18-20-6-2-1-3-7-20)23-8-4-5-9-24(23)33(26)27/h1-13H,14-19H2,(H,35,36). The van der Waals surface area contributed by atoms with E-state index in [1.807, 2.05) is 40.8 Å². The fourth-order valence-corrected chi connectivity index (χ4v) is 6.75. The SMILES string of the molecule is O=C(CSc1nnc2n(Cc3ccccc3)c3ccccc3n12)N=C1C=CC(=S(=O)(O)N2CCOCC2)C=C1. The maximum absolute atomic E-state index is 12.9. The third-order valence-corrected chi connectivity index (χ3v) is 9.36. The lowest BCUT2D eigenvalue weighted by atomic mass is 10.2. The quantitative estimate of drug-likeness (QED) is 0.284. The van der Waals surface area contributed by atoms with Crippen LogP contribution < -0.4 is 0 Å². The molecule has 1 aliphatic heterocycles. The Morgan fingerprint density at radius 1 is 0.974 bits per heavy atom. The molecule has 2 aliphatic rings. The summed E-state index contributed by atoms with van der Waals surface area (Å²) in [7, 11) is -3.35. The fourth-order valence-electron chi connectivity index (χ4n) is 4.60. The largest absolute Gasteiger partial charge is 0.379 e. The molecule has 39 heavy (non-hydrogen) atoms. The number of rotatable bonds is 6. The number of carbonyl (C=O) groups excluding carboxylic acids is 1. The van der Waals surface area contributed by atoms with E-state index in [2.05, 4.69) is 38.0 Å². The summed E-state index contributed by atoms with van der Waals surface area (Å²) in [4.78, 5) is 17.2. The molecular formula is C27H26N6O4S2. The van der Waals surface area contributed by atoms with Crippen LogP contribution in [0.15, 0.2) is 89.1 Å². The van der Waals surface area contributed by atoms with Gasteiger partial charge in [-0.25, -0.2) is 13.5 Å². The summed E-state index contributed by atoms with van der Waals surface area (Å²) in [6.45, 7) is 2.26.